The fourth-order valence-electron chi connectivity index (χ4n) is 2.87. The Morgan fingerprint density at radius 1 is 1.12 bits per heavy atom. The number of aryl methyl sites for hydroxylation is 1. The molecule has 130 valence electrons. The summed E-state index contributed by atoms with van der Waals surface area (Å²) in [6.45, 7) is -0.204. The summed E-state index contributed by atoms with van der Waals surface area (Å²) in [5.74, 6) is -1.12. The second-order valence-corrected chi connectivity index (χ2v) is 5.86. The maximum atomic E-state index is 13.7. The summed E-state index contributed by atoms with van der Waals surface area (Å²) in [7, 11) is 1.36. The van der Waals surface area contributed by atoms with E-state index in [0.29, 0.717) is 17.7 Å². The highest BCUT2D eigenvalue weighted by atomic mass is 19.1. The van der Waals surface area contributed by atoms with Crippen molar-refractivity contribution in [2.45, 2.75) is 25.9 Å². The van der Waals surface area contributed by atoms with E-state index in [2.05, 4.69) is 0 Å². The van der Waals surface area contributed by atoms with Crippen LogP contribution in [0.4, 0.5) is 8.78 Å². The first-order valence-electron chi connectivity index (χ1n) is 8.06. The van der Waals surface area contributed by atoms with Crippen LogP contribution in [0.2, 0.25) is 0 Å². The number of fused-ring (bicyclic) bond motifs is 1. The van der Waals surface area contributed by atoms with Crippen LogP contribution >= 0.6 is 0 Å². The molecule has 3 rings (SSSR count). The highest BCUT2D eigenvalue weighted by Gasteiger charge is 2.16. The molecule has 0 spiro atoms. The molecule has 3 nitrogen and oxygen atoms in total. The van der Waals surface area contributed by atoms with Crippen molar-refractivity contribution in [2.24, 2.45) is 0 Å². The van der Waals surface area contributed by atoms with Crippen molar-refractivity contribution < 1.29 is 23.0 Å². The molecule has 0 bridgehead atoms. The summed E-state index contributed by atoms with van der Waals surface area (Å²) < 4.78 is 37.7. The highest BCUT2D eigenvalue weighted by Crippen LogP contribution is 2.28. The summed E-state index contributed by atoms with van der Waals surface area (Å²) in [6.07, 6.45) is 4.14. The van der Waals surface area contributed by atoms with Gasteiger partial charge in [-0.25, -0.2) is 13.6 Å². The molecule has 0 heterocycles. The molecule has 2 aromatic rings. The summed E-state index contributed by atoms with van der Waals surface area (Å²) in [5.41, 5.74) is 2.47. The van der Waals surface area contributed by atoms with Crippen molar-refractivity contribution in [2.75, 3.05) is 7.11 Å². The van der Waals surface area contributed by atoms with Gasteiger partial charge in [-0.05, 0) is 60.7 Å². The van der Waals surface area contributed by atoms with Gasteiger partial charge < -0.3 is 9.47 Å². The van der Waals surface area contributed by atoms with Gasteiger partial charge in [0.1, 0.15) is 24.0 Å². The lowest BCUT2D eigenvalue weighted by molar-refractivity contribution is -0.136. The quantitative estimate of drug-likeness (QED) is 0.770. The molecule has 0 unspecified atom stereocenters. The van der Waals surface area contributed by atoms with Gasteiger partial charge in [0.15, 0.2) is 0 Å². The number of hydrogen-bond acceptors (Lipinski definition) is 3. The Morgan fingerprint density at radius 3 is 2.60 bits per heavy atom. The van der Waals surface area contributed by atoms with E-state index in [-0.39, 0.29) is 18.1 Å². The molecule has 1 aliphatic carbocycles. The van der Waals surface area contributed by atoms with Crippen LogP contribution in [0.1, 0.15) is 29.5 Å². The van der Waals surface area contributed by atoms with Crippen LogP contribution in [0, 0.1) is 11.6 Å². The lowest BCUT2D eigenvalue weighted by Crippen LogP contribution is -2.04. The first-order valence-corrected chi connectivity index (χ1v) is 8.06. The van der Waals surface area contributed by atoms with E-state index in [1.165, 1.54) is 25.3 Å². The Morgan fingerprint density at radius 2 is 1.88 bits per heavy atom. The van der Waals surface area contributed by atoms with E-state index in [1.807, 2.05) is 6.07 Å². The molecule has 0 saturated heterocycles. The molecular formula is C20H18F2O3. The van der Waals surface area contributed by atoms with Crippen molar-refractivity contribution in [3.63, 3.8) is 0 Å². The minimum Gasteiger partial charge on any atom is -0.489 e. The maximum absolute atomic E-state index is 13.7. The fraction of sp³-hybridized carbons (Fsp3) is 0.250. The second-order valence-electron chi connectivity index (χ2n) is 5.86. The Balaban J connectivity index is 1.83. The monoisotopic (exact) mass is 344 g/mol. The summed E-state index contributed by atoms with van der Waals surface area (Å²) in [6, 6.07) is 9.18. The van der Waals surface area contributed by atoms with Gasteiger partial charge in [0, 0.05) is 5.57 Å². The van der Waals surface area contributed by atoms with E-state index in [0.717, 1.165) is 24.0 Å². The normalized spacial score (nSPS) is 13.5. The number of halogens is 2. The SMILES string of the molecule is COC(=O)C1=Cc2cc(OCc3c(F)cccc3F)ccc2CCC1. The number of carbonyl (C=O) groups is 1. The smallest absolute Gasteiger partial charge is 0.333 e. The second kappa shape index (κ2) is 7.47. The zero-order chi connectivity index (χ0) is 17.8. The number of methoxy groups -OCH3 is 1. The topological polar surface area (TPSA) is 35.5 Å². The van der Waals surface area contributed by atoms with Crippen molar-refractivity contribution in [1.82, 2.24) is 0 Å². The first-order chi connectivity index (χ1) is 12.1. The third kappa shape index (κ3) is 3.87. The Labute approximate surface area is 144 Å². The van der Waals surface area contributed by atoms with Gasteiger partial charge in [0.05, 0.1) is 12.7 Å². The summed E-state index contributed by atoms with van der Waals surface area (Å²) >= 11 is 0. The number of carbonyl (C=O) groups excluding carboxylic acids is 1. The molecule has 0 saturated carbocycles. The molecule has 5 heteroatoms. The largest absolute Gasteiger partial charge is 0.489 e. The molecule has 0 aromatic heterocycles. The van der Waals surface area contributed by atoms with Crippen LogP contribution in [0.5, 0.6) is 5.75 Å². The molecule has 0 radical (unpaired) electrons. The van der Waals surface area contributed by atoms with E-state index in [1.54, 1.807) is 18.2 Å². The molecule has 0 aliphatic heterocycles. The molecule has 0 fully saturated rings. The molecular weight excluding hydrogens is 326 g/mol. The predicted molar refractivity (Wildman–Crippen MR) is 90.1 cm³/mol. The van der Waals surface area contributed by atoms with Gasteiger partial charge >= 0.3 is 5.97 Å². The predicted octanol–water partition coefficient (Wildman–Crippen LogP) is 4.44. The van der Waals surface area contributed by atoms with Gasteiger partial charge in [-0.15, -0.1) is 0 Å². The summed E-state index contributed by atoms with van der Waals surface area (Å²) in [5, 5.41) is 0. The molecule has 2 aromatic carbocycles. The van der Waals surface area contributed by atoms with Crippen LogP contribution in [-0.4, -0.2) is 13.1 Å². The number of hydrogen-bond donors (Lipinski definition) is 0. The van der Waals surface area contributed by atoms with Gasteiger partial charge in [0.25, 0.3) is 0 Å². The molecule has 25 heavy (non-hydrogen) atoms. The number of rotatable bonds is 4. The standard InChI is InChI=1S/C20H18F2O3/c1-24-20(23)14-5-2-4-13-8-9-16(11-15(13)10-14)25-12-17-18(21)6-3-7-19(17)22/h3,6-11H,2,4-5,12H2,1H3. The van der Waals surface area contributed by atoms with Crippen molar-refractivity contribution in [1.29, 1.82) is 0 Å². The number of benzene rings is 2. The van der Waals surface area contributed by atoms with E-state index < -0.39 is 11.6 Å². The van der Waals surface area contributed by atoms with Gasteiger partial charge in [0.2, 0.25) is 0 Å². The van der Waals surface area contributed by atoms with Crippen molar-refractivity contribution >= 4 is 12.0 Å². The minimum absolute atomic E-state index is 0.108. The lowest BCUT2D eigenvalue weighted by Gasteiger charge is -2.11. The Hall–Kier alpha value is -2.69. The Bertz CT molecular complexity index is 807. The molecule has 1 aliphatic rings. The summed E-state index contributed by atoms with van der Waals surface area (Å²) in [4.78, 5) is 11.8. The first kappa shape index (κ1) is 17.1. The molecule has 0 N–H and O–H groups in total. The highest BCUT2D eigenvalue weighted by molar-refractivity contribution is 5.94. The zero-order valence-electron chi connectivity index (χ0n) is 13.9. The van der Waals surface area contributed by atoms with Gasteiger partial charge in [-0.3, -0.25) is 0 Å². The van der Waals surface area contributed by atoms with Crippen LogP contribution in [-0.2, 0) is 22.6 Å². The van der Waals surface area contributed by atoms with Crippen LogP contribution in [0.15, 0.2) is 42.0 Å². The van der Waals surface area contributed by atoms with E-state index >= 15 is 0 Å². The third-order valence-electron chi connectivity index (χ3n) is 4.23. The third-order valence-corrected chi connectivity index (χ3v) is 4.23. The molecule has 0 amide bonds. The molecule has 0 atom stereocenters. The fourth-order valence-corrected chi connectivity index (χ4v) is 2.87. The average Bonchev–Trinajstić information content (AvgIpc) is 2.82. The number of ether oxygens (including phenoxy) is 2. The zero-order valence-corrected chi connectivity index (χ0v) is 13.9. The van der Waals surface area contributed by atoms with Crippen LogP contribution in [0.25, 0.3) is 6.08 Å². The minimum atomic E-state index is -0.636. The maximum Gasteiger partial charge on any atom is 0.333 e. The van der Waals surface area contributed by atoms with Crippen molar-refractivity contribution in [3.05, 3.63) is 70.3 Å². The van der Waals surface area contributed by atoms with Gasteiger partial charge in [-0.2, -0.15) is 0 Å². The van der Waals surface area contributed by atoms with Crippen molar-refractivity contribution in [3.8, 4) is 5.75 Å². The number of esters is 1. The Kier molecular flexibility index (Phi) is 5.12. The van der Waals surface area contributed by atoms with E-state index in [4.69, 9.17) is 9.47 Å². The van der Waals surface area contributed by atoms with E-state index in [9.17, 15) is 13.6 Å². The lowest BCUT2D eigenvalue weighted by atomic mass is 10.0. The van der Waals surface area contributed by atoms with Crippen LogP contribution in [0.3, 0.4) is 0 Å². The average molecular weight is 344 g/mol. The van der Waals surface area contributed by atoms with Crippen LogP contribution < -0.4 is 4.74 Å². The van der Waals surface area contributed by atoms with Gasteiger partial charge in [-0.1, -0.05) is 12.1 Å².